The molecule has 1 aromatic heterocycles. The van der Waals surface area contributed by atoms with Crippen LogP contribution in [0.25, 0.3) is 0 Å². The smallest absolute Gasteiger partial charge is 0.231 e. The molecule has 1 amide bonds. The molecule has 7 heteroatoms. The highest BCUT2D eigenvalue weighted by Crippen LogP contribution is 2.29. The molecule has 0 saturated heterocycles. The summed E-state index contributed by atoms with van der Waals surface area (Å²) in [6, 6.07) is 7.70. The second-order valence-electron chi connectivity index (χ2n) is 5.49. The van der Waals surface area contributed by atoms with E-state index >= 15 is 0 Å². The third-order valence-electron chi connectivity index (χ3n) is 2.58. The van der Waals surface area contributed by atoms with Crippen molar-refractivity contribution in [3.63, 3.8) is 0 Å². The van der Waals surface area contributed by atoms with Crippen molar-refractivity contribution in [2.24, 2.45) is 5.41 Å². The zero-order valence-corrected chi connectivity index (χ0v) is 14.4. The molecule has 0 atom stereocenters. The number of aromatic nitrogens is 2. The van der Waals surface area contributed by atoms with Gasteiger partial charge in [0.15, 0.2) is 4.34 Å². The van der Waals surface area contributed by atoms with E-state index < -0.39 is 5.41 Å². The zero-order chi connectivity index (χ0) is 15.5. The normalized spacial score (nSPS) is 11.4. The Morgan fingerprint density at radius 1 is 1.29 bits per heavy atom. The van der Waals surface area contributed by atoms with Gasteiger partial charge in [-0.1, -0.05) is 67.6 Å². The van der Waals surface area contributed by atoms with Crippen molar-refractivity contribution < 1.29 is 4.79 Å². The number of halogens is 1. The highest BCUT2D eigenvalue weighted by Gasteiger charge is 2.22. The Morgan fingerprint density at radius 3 is 2.57 bits per heavy atom. The van der Waals surface area contributed by atoms with Crippen molar-refractivity contribution in [1.29, 1.82) is 0 Å². The fourth-order valence-corrected chi connectivity index (χ4v) is 3.16. The molecule has 0 unspecified atom stereocenters. The molecule has 1 N–H and O–H groups in total. The first kappa shape index (κ1) is 16.3. The molecule has 2 aromatic rings. The summed E-state index contributed by atoms with van der Waals surface area (Å²) in [5.74, 6) is 0.729. The minimum atomic E-state index is -0.442. The molecule has 0 spiro atoms. The van der Waals surface area contributed by atoms with Crippen LogP contribution in [0.3, 0.4) is 0 Å². The van der Waals surface area contributed by atoms with Gasteiger partial charge in [0.25, 0.3) is 0 Å². The van der Waals surface area contributed by atoms with Crippen molar-refractivity contribution in [3.8, 4) is 0 Å². The first-order chi connectivity index (χ1) is 9.84. The van der Waals surface area contributed by atoms with Crippen LogP contribution < -0.4 is 5.32 Å². The molecule has 4 nitrogen and oxygen atoms in total. The van der Waals surface area contributed by atoms with Crippen LogP contribution in [0.15, 0.2) is 28.6 Å². The Balaban J connectivity index is 1.91. The molecular formula is C14H16ClN3OS2. The Morgan fingerprint density at radius 2 is 1.95 bits per heavy atom. The summed E-state index contributed by atoms with van der Waals surface area (Å²) < 4.78 is 0.828. The number of carbonyl (C=O) groups is 1. The Hall–Kier alpha value is -1.11. The minimum Gasteiger partial charge on any atom is -0.300 e. The van der Waals surface area contributed by atoms with E-state index in [0.29, 0.717) is 5.13 Å². The van der Waals surface area contributed by atoms with E-state index in [2.05, 4.69) is 15.5 Å². The SMILES string of the molecule is CC(C)(C)C(=O)Nc1nnc(SCc2ccc(Cl)cc2)s1. The van der Waals surface area contributed by atoms with Crippen molar-refractivity contribution in [3.05, 3.63) is 34.9 Å². The lowest BCUT2D eigenvalue weighted by atomic mass is 9.96. The number of rotatable bonds is 4. The maximum atomic E-state index is 11.9. The van der Waals surface area contributed by atoms with E-state index in [0.717, 1.165) is 15.1 Å². The second kappa shape index (κ2) is 6.77. The number of thioether (sulfide) groups is 1. The Kier molecular flexibility index (Phi) is 5.24. The molecule has 2 rings (SSSR count). The van der Waals surface area contributed by atoms with Crippen LogP contribution >= 0.6 is 34.7 Å². The van der Waals surface area contributed by atoms with Crippen LogP contribution in [0.2, 0.25) is 5.02 Å². The van der Waals surface area contributed by atoms with Gasteiger partial charge in [-0.25, -0.2) is 0 Å². The zero-order valence-electron chi connectivity index (χ0n) is 12.0. The average Bonchev–Trinajstić information content (AvgIpc) is 2.85. The summed E-state index contributed by atoms with van der Waals surface area (Å²) in [5, 5.41) is 12.1. The molecule has 0 saturated carbocycles. The number of nitrogens with one attached hydrogen (secondary N) is 1. The van der Waals surface area contributed by atoms with Crippen molar-refractivity contribution >= 4 is 45.7 Å². The molecule has 1 aromatic carbocycles. The fourth-order valence-electron chi connectivity index (χ4n) is 1.33. The number of amides is 1. The molecule has 21 heavy (non-hydrogen) atoms. The third kappa shape index (κ3) is 4.98. The first-order valence-corrected chi connectivity index (χ1v) is 8.55. The van der Waals surface area contributed by atoms with E-state index in [9.17, 15) is 4.79 Å². The molecule has 0 aliphatic carbocycles. The lowest BCUT2D eigenvalue weighted by Crippen LogP contribution is -2.27. The highest BCUT2D eigenvalue weighted by atomic mass is 35.5. The predicted molar refractivity (Wildman–Crippen MR) is 89.0 cm³/mol. The standard InChI is InChI=1S/C14H16ClN3OS2/c1-14(2,3)11(19)16-12-17-18-13(21-12)20-8-9-4-6-10(15)7-5-9/h4-7H,8H2,1-3H3,(H,16,17,19). The highest BCUT2D eigenvalue weighted by molar-refractivity contribution is 8.00. The molecule has 112 valence electrons. The van der Waals surface area contributed by atoms with Gasteiger partial charge in [0.2, 0.25) is 11.0 Å². The van der Waals surface area contributed by atoms with Gasteiger partial charge >= 0.3 is 0 Å². The van der Waals surface area contributed by atoms with Gasteiger partial charge in [0.05, 0.1) is 0 Å². The van der Waals surface area contributed by atoms with Gasteiger partial charge in [0.1, 0.15) is 0 Å². The maximum Gasteiger partial charge on any atom is 0.231 e. The summed E-state index contributed by atoms with van der Waals surface area (Å²) in [5.41, 5.74) is 0.724. The average molecular weight is 342 g/mol. The molecular weight excluding hydrogens is 326 g/mol. The van der Waals surface area contributed by atoms with Crippen LogP contribution in [-0.4, -0.2) is 16.1 Å². The van der Waals surface area contributed by atoms with Crippen LogP contribution in [0.1, 0.15) is 26.3 Å². The molecule has 0 aliphatic rings. The van der Waals surface area contributed by atoms with Gasteiger partial charge in [-0.2, -0.15) is 0 Å². The van der Waals surface area contributed by atoms with E-state index in [1.165, 1.54) is 16.9 Å². The van der Waals surface area contributed by atoms with E-state index in [1.807, 2.05) is 45.0 Å². The lowest BCUT2D eigenvalue weighted by molar-refractivity contribution is -0.123. The second-order valence-corrected chi connectivity index (χ2v) is 8.13. The van der Waals surface area contributed by atoms with Gasteiger partial charge < -0.3 is 5.32 Å². The van der Waals surface area contributed by atoms with Gasteiger partial charge in [-0.15, -0.1) is 10.2 Å². The van der Waals surface area contributed by atoms with Crippen LogP contribution in [0.4, 0.5) is 5.13 Å². The van der Waals surface area contributed by atoms with Crippen LogP contribution in [0.5, 0.6) is 0 Å². The van der Waals surface area contributed by atoms with Crippen molar-refractivity contribution in [1.82, 2.24) is 10.2 Å². The third-order valence-corrected chi connectivity index (χ3v) is 4.88. The number of hydrogen-bond acceptors (Lipinski definition) is 5. The molecule has 0 fully saturated rings. The lowest BCUT2D eigenvalue weighted by Gasteiger charge is -2.15. The Labute approximate surface area is 137 Å². The van der Waals surface area contributed by atoms with E-state index in [1.54, 1.807) is 11.8 Å². The summed E-state index contributed by atoms with van der Waals surface area (Å²) in [6.45, 7) is 5.58. The maximum absolute atomic E-state index is 11.9. The molecule has 1 heterocycles. The predicted octanol–water partition coefficient (Wildman–Crippen LogP) is 4.47. The summed E-state index contributed by atoms with van der Waals surface area (Å²) in [7, 11) is 0. The van der Waals surface area contributed by atoms with Gasteiger partial charge in [-0.3, -0.25) is 4.79 Å². The summed E-state index contributed by atoms with van der Waals surface area (Å²) in [6.07, 6.45) is 0. The molecule has 0 aliphatic heterocycles. The number of hydrogen-bond donors (Lipinski definition) is 1. The van der Waals surface area contributed by atoms with Gasteiger partial charge in [-0.05, 0) is 17.7 Å². The van der Waals surface area contributed by atoms with Crippen molar-refractivity contribution in [2.45, 2.75) is 30.9 Å². The van der Waals surface area contributed by atoms with Crippen LogP contribution in [0, 0.1) is 5.41 Å². The largest absolute Gasteiger partial charge is 0.300 e. The first-order valence-electron chi connectivity index (χ1n) is 6.37. The number of carbonyl (C=O) groups excluding carboxylic acids is 1. The van der Waals surface area contributed by atoms with Gasteiger partial charge in [0, 0.05) is 16.2 Å². The van der Waals surface area contributed by atoms with E-state index in [-0.39, 0.29) is 5.91 Å². The fraction of sp³-hybridized carbons (Fsp3) is 0.357. The molecule has 0 bridgehead atoms. The number of benzene rings is 1. The monoisotopic (exact) mass is 341 g/mol. The minimum absolute atomic E-state index is 0.0621. The summed E-state index contributed by atoms with van der Waals surface area (Å²) >= 11 is 8.82. The number of nitrogens with zero attached hydrogens (tertiary/aromatic N) is 2. The van der Waals surface area contributed by atoms with E-state index in [4.69, 9.17) is 11.6 Å². The Bertz CT molecular complexity index is 620. The molecule has 0 radical (unpaired) electrons. The van der Waals surface area contributed by atoms with Crippen LogP contribution in [-0.2, 0) is 10.5 Å². The number of anilines is 1. The van der Waals surface area contributed by atoms with Crippen molar-refractivity contribution in [2.75, 3.05) is 5.32 Å². The topological polar surface area (TPSA) is 54.9 Å². The summed E-state index contributed by atoms with van der Waals surface area (Å²) in [4.78, 5) is 11.9. The quantitative estimate of drug-likeness (QED) is 0.658.